The van der Waals surface area contributed by atoms with Crippen molar-refractivity contribution in [3.63, 3.8) is 0 Å². The van der Waals surface area contributed by atoms with Crippen molar-refractivity contribution in [2.45, 2.75) is 17.4 Å². The van der Waals surface area contributed by atoms with Crippen LogP contribution in [0.3, 0.4) is 0 Å². The van der Waals surface area contributed by atoms with E-state index < -0.39 is 10.0 Å². The van der Waals surface area contributed by atoms with Gasteiger partial charge in [-0.2, -0.15) is 0 Å². The highest BCUT2D eigenvalue weighted by Crippen LogP contribution is 2.30. The van der Waals surface area contributed by atoms with Gasteiger partial charge in [0.15, 0.2) is 11.5 Å². The van der Waals surface area contributed by atoms with Crippen LogP contribution >= 0.6 is 0 Å². The van der Waals surface area contributed by atoms with E-state index in [1.165, 1.54) is 6.07 Å². The summed E-state index contributed by atoms with van der Waals surface area (Å²) in [6.07, 6.45) is -0.129. The molecule has 0 aliphatic carbocycles. The summed E-state index contributed by atoms with van der Waals surface area (Å²) in [5.74, 6) is 1.43. The number of sulfonamides is 1. The van der Waals surface area contributed by atoms with Crippen LogP contribution in [0.25, 0.3) is 0 Å². The molecule has 2 aliphatic rings. The fourth-order valence-electron chi connectivity index (χ4n) is 3.00. The lowest BCUT2D eigenvalue weighted by atomic mass is 10.2. The van der Waals surface area contributed by atoms with Crippen molar-refractivity contribution in [2.24, 2.45) is 4.99 Å². The molecule has 0 radical (unpaired) electrons. The van der Waals surface area contributed by atoms with Crippen molar-refractivity contribution in [2.75, 3.05) is 19.7 Å². The molecule has 0 aromatic heterocycles. The molecule has 8 nitrogen and oxygen atoms in total. The molecule has 2 aromatic carbocycles. The molecule has 0 saturated heterocycles. The second kappa shape index (κ2) is 7.51. The molecule has 2 aliphatic heterocycles. The first-order chi connectivity index (χ1) is 13.5. The molecular weight excluding hydrogens is 382 g/mol. The van der Waals surface area contributed by atoms with Gasteiger partial charge in [0.1, 0.15) is 18.5 Å². The molecule has 146 valence electrons. The number of amides is 1. The second-order valence-corrected chi connectivity index (χ2v) is 8.03. The fourth-order valence-corrected chi connectivity index (χ4v) is 4.25. The van der Waals surface area contributed by atoms with Crippen LogP contribution < -0.4 is 19.5 Å². The van der Waals surface area contributed by atoms with Crippen LogP contribution in [0.2, 0.25) is 0 Å². The Labute approximate surface area is 162 Å². The van der Waals surface area contributed by atoms with Gasteiger partial charge in [0.25, 0.3) is 10.0 Å². The van der Waals surface area contributed by atoms with Gasteiger partial charge in [-0.05, 0) is 24.3 Å². The number of hydrogen-bond acceptors (Lipinski definition) is 6. The molecule has 0 spiro atoms. The molecule has 9 heteroatoms. The van der Waals surface area contributed by atoms with Crippen LogP contribution in [-0.2, 0) is 14.8 Å². The predicted molar refractivity (Wildman–Crippen MR) is 102 cm³/mol. The third kappa shape index (κ3) is 3.79. The first-order valence-electron chi connectivity index (χ1n) is 8.85. The molecule has 28 heavy (non-hydrogen) atoms. The van der Waals surface area contributed by atoms with Crippen LogP contribution in [-0.4, -0.2) is 46.0 Å². The van der Waals surface area contributed by atoms with E-state index in [0.717, 1.165) is 0 Å². The SMILES string of the molecule is O=C(CCN=C1NS(=O)(=O)c2ccccc21)NCC1COc2ccccc2O1. The molecule has 1 amide bonds. The van der Waals surface area contributed by atoms with Gasteiger partial charge in [-0.15, -0.1) is 0 Å². The van der Waals surface area contributed by atoms with Crippen LogP contribution in [0.1, 0.15) is 12.0 Å². The molecule has 0 bridgehead atoms. The summed E-state index contributed by atoms with van der Waals surface area (Å²) in [5.41, 5.74) is 0.523. The number of nitrogens with one attached hydrogen (secondary N) is 2. The summed E-state index contributed by atoms with van der Waals surface area (Å²) in [7, 11) is -3.57. The van der Waals surface area contributed by atoms with E-state index >= 15 is 0 Å². The van der Waals surface area contributed by atoms with Crippen molar-refractivity contribution in [1.82, 2.24) is 10.0 Å². The van der Waals surface area contributed by atoms with Crippen molar-refractivity contribution in [1.29, 1.82) is 0 Å². The summed E-state index contributed by atoms with van der Waals surface area (Å²) in [5, 5.41) is 2.79. The third-order valence-electron chi connectivity index (χ3n) is 4.37. The number of ether oxygens (including phenoxy) is 2. The molecule has 0 saturated carbocycles. The summed E-state index contributed by atoms with van der Waals surface area (Å²) in [6, 6.07) is 14.0. The van der Waals surface area contributed by atoms with E-state index in [9.17, 15) is 13.2 Å². The largest absolute Gasteiger partial charge is 0.486 e. The number of benzene rings is 2. The van der Waals surface area contributed by atoms with E-state index in [2.05, 4.69) is 15.0 Å². The first kappa shape index (κ1) is 18.3. The van der Waals surface area contributed by atoms with Crippen molar-refractivity contribution in [3.05, 3.63) is 54.1 Å². The maximum absolute atomic E-state index is 12.1. The molecule has 1 atom stereocenters. The van der Waals surface area contributed by atoms with Gasteiger partial charge in [0.05, 0.1) is 18.0 Å². The normalized spacial score (nSPS) is 20.3. The Hall–Kier alpha value is -3.07. The van der Waals surface area contributed by atoms with Crippen LogP contribution in [0, 0.1) is 0 Å². The molecule has 0 fully saturated rings. The Morgan fingerprint density at radius 1 is 1.14 bits per heavy atom. The number of rotatable bonds is 5. The zero-order valence-corrected chi connectivity index (χ0v) is 15.7. The highest BCUT2D eigenvalue weighted by atomic mass is 32.2. The zero-order chi connectivity index (χ0) is 19.6. The molecular formula is C19H19N3O5S. The number of hydrogen-bond donors (Lipinski definition) is 2. The average Bonchev–Trinajstić information content (AvgIpc) is 2.97. The number of fused-ring (bicyclic) bond motifs is 2. The molecule has 2 N–H and O–H groups in total. The lowest BCUT2D eigenvalue weighted by Gasteiger charge is -2.26. The molecule has 2 aromatic rings. The Kier molecular flexibility index (Phi) is 4.91. The highest BCUT2D eigenvalue weighted by molar-refractivity contribution is 7.90. The predicted octanol–water partition coefficient (Wildman–Crippen LogP) is 1.07. The quantitative estimate of drug-likeness (QED) is 0.780. The van der Waals surface area contributed by atoms with Gasteiger partial charge in [-0.3, -0.25) is 14.5 Å². The first-order valence-corrected chi connectivity index (χ1v) is 10.3. The molecule has 2 heterocycles. The lowest BCUT2D eigenvalue weighted by Crippen LogP contribution is -2.40. The number of aliphatic imine (C=N–C) groups is 1. The van der Waals surface area contributed by atoms with E-state index in [0.29, 0.717) is 30.2 Å². The number of carbonyl (C=O) groups excluding carboxylic acids is 1. The van der Waals surface area contributed by atoms with Gasteiger partial charge in [-0.25, -0.2) is 8.42 Å². The fraction of sp³-hybridized carbons (Fsp3) is 0.263. The maximum Gasteiger partial charge on any atom is 0.263 e. The summed E-state index contributed by atoms with van der Waals surface area (Å²) < 4.78 is 37.9. The maximum atomic E-state index is 12.1. The standard InChI is InChI=1S/C19H19N3O5S/c23-18(21-11-13-12-26-15-6-2-3-7-16(15)27-13)9-10-20-19-14-5-1-4-8-17(14)28(24,25)22-19/h1-8,13H,9-12H2,(H,20,22)(H,21,23). The zero-order valence-electron chi connectivity index (χ0n) is 14.9. The van der Waals surface area contributed by atoms with Gasteiger partial charge >= 0.3 is 0 Å². The minimum atomic E-state index is -3.57. The Balaban J connectivity index is 1.27. The van der Waals surface area contributed by atoms with Gasteiger partial charge < -0.3 is 14.8 Å². The van der Waals surface area contributed by atoms with Crippen molar-refractivity contribution in [3.8, 4) is 11.5 Å². The van der Waals surface area contributed by atoms with Gasteiger partial charge in [0, 0.05) is 12.0 Å². The van der Waals surface area contributed by atoms with Crippen molar-refractivity contribution < 1.29 is 22.7 Å². The van der Waals surface area contributed by atoms with E-state index in [4.69, 9.17) is 9.47 Å². The number of amidine groups is 1. The minimum absolute atomic E-state index is 0.136. The number of nitrogens with zero attached hydrogens (tertiary/aromatic N) is 1. The van der Waals surface area contributed by atoms with E-state index in [1.807, 2.05) is 24.3 Å². The average molecular weight is 401 g/mol. The number of carbonyl (C=O) groups is 1. The van der Waals surface area contributed by atoms with Crippen molar-refractivity contribution >= 4 is 21.8 Å². The number of para-hydroxylation sites is 2. The highest BCUT2D eigenvalue weighted by Gasteiger charge is 2.30. The monoisotopic (exact) mass is 401 g/mol. The summed E-state index contributed by atoms with van der Waals surface area (Å²) in [6.45, 7) is 0.847. The lowest BCUT2D eigenvalue weighted by molar-refractivity contribution is -0.121. The molecule has 1 unspecified atom stereocenters. The Bertz CT molecular complexity index is 1040. The van der Waals surface area contributed by atoms with E-state index in [-0.39, 0.29) is 35.7 Å². The van der Waals surface area contributed by atoms with Crippen LogP contribution in [0.5, 0.6) is 11.5 Å². The molecule has 4 rings (SSSR count). The second-order valence-electron chi connectivity index (χ2n) is 6.38. The summed E-state index contributed by atoms with van der Waals surface area (Å²) >= 11 is 0. The van der Waals surface area contributed by atoms with Gasteiger partial charge in [-0.1, -0.05) is 24.3 Å². The van der Waals surface area contributed by atoms with Crippen LogP contribution in [0.4, 0.5) is 0 Å². The summed E-state index contributed by atoms with van der Waals surface area (Å²) in [4.78, 5) is 16.5. The topological polar surface area (TPSA) is 106 Å². The van der Waals surface area contributed by atoms with E-state index in [1.54, 1.807) is 18.2 Å². The van der Waals surface area contributed by atoms with Crippen LogP contribution in [0.15, 0.2) is 58.4 Å². The Morgan fingerprint density at radius 3 is 2.75 bits per heavy atom. The van der Waals surface area contributed by atoms with Gasteiger partial charge in [0.2, 0.25) is 5.91 Å². The third-order valence-corrected chi connectivity index (χ3v) is 5.76. The smallest absolute Gasteiger partial charge is 0.263 e. The minimum Gasteiger partial charge on any atom is -0.486 e. The Morgan fingerprint density at radius 2 is 1.89 bits per heavy atom.